The van der Waals surface area contributed by atoms with Gasteiger partial charge in [0.05, 0.1) is 19.8 Å². The molecule has 0 saturated carbocycles. The Hall–Kier alpha value is -1.84. The molecule has 6 nitrogen and oxygen atoms in total. The van der Waals surface area contributed by atoms with E-state index in [4.69, 9.17) is 14.2 Å². The molecule has 2 aromatic carbocycles. The highest BCUT2D eigenvalue weighted by molar-refractivity contribution is 14.0. The van der Waals surface area contributed by atoms with Crippen molar-refractivity contribution in [3.63, 3.8) is 0 Å². The first-order chi connectivity index (χ1) is 14.8. The van der Waals surface area contributed by atoms with Gasteiger partial charge in [0.1, 0.15) is 5.75 Å². The maximum Gasteiger partial charge on any atom is 0.191 e. The van der Waals surface area contributed by atoms with Gasteiger partial charge in [0.2, 0.25) is 0 Å². The number of aliphatic imine (C=N–C) groups is 1. The predicted octanol–water partition coefficient (Wildman–Crippen LogP) is 3.92. The zero-order valence-electron chi connectivity index (χ0n) is 18.4. The van der Waals surface area contributed by atoms with Gasteiger partial charge in [-0.3, -0.25) is 4.99 Å². The van der Waals surface area contributed by atoms with Gasteiger partial charge < -0.3 is 24.8 Å². The lowest BCUT2D eigenvalue weighted by molar-refractivity contribution is -0.0390. The Morgan fingerprint density at radius 3 is 2.61 bits per heavy atom. The zero-order chi connectivity index (χ0) is 21.0. The monoisotopic (exact) mass is 539 g/mol. The van der Waals surface area contributed by atoms with Crippen molar-refractivity contribution in [3.8, 4) is 5.75 Å². The molecule has 31 heavy (non-hydrogen) atoms. The SMILES string of the molecule is CN=C(NCCc1ccccc1OC)NCc1cccc(COC2CCOCC2)c1.I. The highest BCUT2D eigenvalue weighted by Gasteiger charge is 2.14. The number of nitrogens with zero attached hydrogens (tertiary/aromatic N) is 1. The van der Waals surface area contributed by atoms with E-state index in [9.17, 15) is 0 Å². The number of rotatable bonds is 9. The first kappa shape index (κ1) is 25.4. The third-order valence-corrected chi connectivity index (χ3v) is 5.21. The predicted molar refractivity (Wildman–Crippen MR) is 135 cm³/mol. The summed E-state index contributed by atoms with van der Waals surface area (Å²) < 4.78 is 16.8. The normalized spacial score (nSPS) is 14.6. The number of guanidine groups is 1. The lowest BCUT2D eigenvalue weighted by Crippen LogP contribution is -2.37. The number of ether oxygens (including phenoxy) is 3. The van der Waals surface area contributed by atoms with Gasteiger partial charge in [-0.15, -0.1) is 24.0 Å². The van der Waals surface area contributed by atoms with E-state index in [2.05, 4.69) is 46.0 Å². The second-order valence-corrected chi connectivity index (χ2v) is 7.36. The average molecular weight is 539 g/mol. The molecule has 0 amide bonds. The van der Waals surface area contributed by atoms with Gasteiger partial charge in [0.25, 0.3) is 0 Å². The average Bonchev–Trinajstić information content (AvgIpc) is 2.81. The fourth-order valence-corrected chi connectivity index (χ4v) is 3.52. The summed E-state index contributed by atoms with van der Waals surface area (Å²) in [6.07, 6.45) is 3.15. The van der Waals surface area contributed by atoms with E-state index in [0.29, 0.717) is 19.3 Å². The number of benzene rings is 2. The maximum absolute atomic E-state index is 6.04. The lowest BCUT2D eigenvalue weighted by Gasteiger charge is -2.22. The summed E-state index contributed by atoms with van der Waals surface area (Å²) >= 11 is 0. The quantitative estimate of drug-likeness (QED) is 0.288. The summed E-state index contributed by atoms with van der Waals surface area (Å²) in [6, 6.07) is 16.6. The number of hydrogen-bond acceptors (Lipinski definition) is 4. The van der Waals surface area contributed by atoms with Gasteiger partial charge >= 0.3 is 0 Å². The van der Waals surface area contributed by atoms with Gasteiger partial charge in [-0.2, -0.15) is 0 Å². The van der Waals surface area contributed by atoms with Crippen LogP contribution in [0.1, 0.15) is 29.5 Å². The highest BCUT2D eigenvalue weighted by Crippen LogP contribution is 2.17. The van der Waals surface area contributed by atoms with Crippen LogP contribution in [-0.4, -0.2) is 46.0 Å². The van der Waals surface area contributed by atoms with Crippen LogP contribution in [0.2, 0.25) is 0 Å². The van der Waals surface area contributed by atoms with Gasteiger partial charge in [0.15, 0.2) is 5.96 Å². The molecule has 170 valence electrons. The topological polar surface area (TPSA) is 64.1 Å². The van der Waals surface area contributed by atoms with Crippen LogP contribution >= 0.6 is 24.0 Å². The van der Waals surface area contributed by atoms with Gasteiger partial charge in [-0.05, 0) is 42.0 Å². The number of methoxy groups -OCH3 is 1. The van der Waals surface area contributed by atoms with E-state index < -0.39 is 0 Å². The van der Waals surface area contributed by atoms with Crippen molar-refractivity contribution in [1.82, 2.24) is 10.6 Å². The van der Waals surface area contributed by atoms with Gasteiger partial charge in [0, 0.05) is 33.4 Å². The molecule has 1 aliphatic heterocycles. The minimum Gasteiger partial charge on any atom is -0.496 e. The molecule has 0 atom stereocenters. The maximum atomic E-state index is 6.04. The molecule has 0 unspecified atom stereocenters. The molecule has 0 radical (unpaired) electrons. The molecule has 1 aliphatic rings. The van der Waals surface area contributed by atoms with Crippen molar-refractivity contribution in [3.05, 3.63) is 65.2 Å². The summed E-state index contributed by atoms with van der Waals surface area (Å²) in [5, 5.41) is 6.75. The summed E-state index contributed by atoms with van der Waals surface area (Å²) in [7, 11) is 3.49. The Balaban J connectivity index is 0.00000341. The molecular formula is C24H34IN3O3. The van der Waals surface area contributed by atoms with E-state index in [1.54, 1.807) is 14.2 Å². The van der Waals surface area contributed by atoms with E-state index in [0.717, 1.165) is 50.7 Å². The minimum absolute atomic E-state index is 0. The fourth-order valence-electron chi connectivity index (χ4n) is 3.52. The standard InChI is InChI=1S/C24H33N3O3.HI/c1-25-24(26-13-10-21-8-3-4-9-23(21)28-2)27-17-19-6-5-7-20(16-19)18-30-22-11-14-29-15-12-22;/h3-9,16,22H,10-15,17-18H2,1-2H3,(H2,25,26,27);1H. The number of nitrogens with one attached hydrogen (secondary N) is 2. The van der Waals surface area contributed by atoms with Crippen LogP contribution in [0, 0.1) is 0 Å². The largest absolute Gasteiger partial charge is 0.496 e. The van der Waals surface area contributed by atoms with Gasteiger partial charge in [-0.25, -0.2) is 0 Å². The fraction of sp³-hybridized carbons (Fsp3) is 0.458. The van der Waals surface area contributed by atoms with Crippen molar-refractivity contribution < 1.29 is 14.2 Å². The second-order valence-electron chi connectivity index (χ2n) is 7.36. The molecule has 0 bridgehead atoms. The van der Waals surface area contributed by atoms with Crippen LogP contribution in [0.3, 0.4) is 0 Å². The van der Waals surface area contributed by atoms with Crippen molar-refractivity contribution in [1.29, 1.82) is 0 Å². The molecule has 2 N–H and O–H groups in total. The molecular weight excluding hydrogens is 505 g/mol. The molecule has 0 aliphatic carbocycles. The summed E-state index contributed by atoms with van der Waals surface area (Å²) in [4.78, 5) is 4.32. The van der Waals surface area contributed by atoms with E-state index in [1.807, 2.05) is 18.2 Å². The Kier molecular flexibility index (Phi) is 11.7. The molecule has 1 saturated heterocycles. The summed E-state index contributed by atoms with van der Waals surface area (Å²) in [5.41, 5.74) is 3.58. The zero-order valence-corrected chi connectivity index (χ0v) is 20.8. The third-order valence-electron chi connectivity index (χ3n) is 5.21. The Morgan fingerprint density at radius 1 is 1.06 bits per heavy atom. The number of hydrogen-bond donors (Lipinski definition) is 2. The number of para-hydroxylation sites is 1. The molecule has 0 aromatic heterocycles. The van der Waals surface area contributed by atoms with E-state index in [-0.39, 0.29) is 24.0 Å². The van der Waals surface area contributed by atoms with Crippen LogP contribution in [-0.2, 0) is 29.0 Å². The van der Waals surface area contributed by atoms with Crippen LogP contribution < -0.4 is 15.4 Å². The van der Waals surface area contributed by atoms with Crippen LogP contribution in [0.4, 0.5) is 0 Å². The first-order valence-electron chi connectivity index (χ1n) is 10.6. The van der Waals surface area contributed by atoms with Crippen molar-refractivity contribution >= 4 is 29.9 Å². The molecule has 0 spiro atoms. The molecule has 3 rings (SSSR count). The van der Waals surface area contributed by atoms with E-state index >= 15 is 0 Å². The second kappa shape index (κ2) is 14.3. The first-order valence-corrected chi connectivity index (χ1v) is 10.6. The Bertz CT molecular complexity index is 810. The third kappa shape index (κ3) is 8.66. The molecule has 1 fully saturated rings. The lowest BCUT2D eigenvalue weighted by atomic mass is 10.1. The molecule has 1 heterocycles. The highest BCUT2D eigenvalue weighted by atomic mass is 127. The molecule has 7 heteroatoms. The number of halogens is 1. The Morgan fingerprint density at radius 2 is 1.84 bits per heavy atom. The van der Waals surface area contributed by atoms with Crippen LogP contribution in [0.15, 0.2) is 53.5 Å². The minimum atomic E-state index is 0. The smallest absolute Gasteiger partial charge is 0.191 e. The summed E-state index contributed by atoms with van der Waals surface area (Å²) in [6.45, 7) is 3.73. The van der Waals surface area contributed by atoms with Crippen LogP contribution in [0.5, 0.6) is 5.75 Å². The van der Waals surface area contributed by atoms with Crippen LogP contribution in [0.25, 0.3) is 0 Å². The van der Waals surface area contributed by atoms with Gasteiger partial charge in [-0.1, -0.05) is 42.5 Å². The van der Waals surface area contributed by atoms with Crippen molar-refractivity contribution in [2.24, 2.45) is 4.99 Å². The summed E-state index contributed by atoms with van der Waals surface area (Å²) in [5.74, 6) is 1.70. The van der Waals surface area contributed by atoms with Crippen molar-refractivity contribution in [2.45, 2.75) is 38.5 Å². The van der Waals surface area contributed by atoms with E-state index in [1.165, 1.54) is 16.7 Å². The molecule has 2 aromatic rings. The Labute approximate surface area is 202 Å². The van der Waals surface area contributed by atoms with Crippen molar-refractivity contribution in [2.75, 3.05) is 33.9 Å².